The van der Waals surface area contributed by atoms with Gasteiger partial charge in [0, 0.05) is 5.37 Å². The summed E-state index contributed by atoms with van der Waals surface area (Å²) in [5.74, 6) is 0. The summed E-state index contributed by atoms with van der Waals surface area (Å²) < 4.78 is 0. The molecule has 25 heavy (non-hydrogen) atoms. The Labute approximate surface area is 162 Å². The molecule has 1 aromatic rings. The van der Waals surface area contributed by atoms with Crippen LogP contribution in [0.2, 0.25) is 0 Å². The summed E-state index contributed by atoms with van der Waals surface area (Å²) in [4.78, 5) is 0. The average molecular weight is 361 g/mol. The fourth-order valence-corrected chi connectivity index (χ4v) is 3.79. The highest BCUT2D eigenvalue weighted by molar-refractivity contribution is 7.79. The first-order valence-electron chi connectivity index (χ1n) is 10.9. The zero-order valence-electron chi connectivity index (χ0n) is 16.6. The Balaban J connectivity index is 1.82. The molecule has 0 radical (unpaired) electrons. The van der Waals surface area contributed by atoms with Crippen LogP contribution in [0.3, 0.4) is 0 Å². The smallest absolute Gasteiger partial charge is 0.00888 e. The van der Waals surface area contributed by atoms with Crippen molar-refractivity contribution in [2.24, 2.45) is 0 Å². The summed E-state index contributed by atoms with van der Waals surface area (Å²) in [5.41, 5.74) is 2.66. The van der Waals surface area contributed by atoms with Gasteiger partial charge in [0.2, 0.25) is 0 Å². The number of unbranched alkanes of at least 4 members (excludes halogenated alkanes) is 14. The molecule has 0 saturated carbocycles. The van der Waals surface area contributed by atoms with E-state index in [1.165, 1.54) is 114 Å². The summed E-state index contributed by atoms with van der Waals surface area (Å²) in [6, 6.07) is 8.56. The molecule has 0 bridgehead atoms. The van der Waals surface area contributed by atoms with Crippen LogP contribution in [0.15, 0.2) is 24.3 Å². The van der Waals surface area contributed by atoms with Crippen molar-refractivity contribution in [1.82, 2.24) is 0 Å². The molecule has 0 N–H and O–H groups in total. The lowest BCUT2D eigenvalue weighted by atomic mass is 10.0. The summed E-state index contributed by atoms with van der Waals surface area (Å²) >= 11 is 5.09. The number of rotatable bonds is 17. The van der Waals surface area contributed by atoms with Gasteiger partial charge in [-0.3, -0.25) is 0 Å². The van der Waals surface area contributed by atoms with Crippen LogP contribution in [0, 0.1) is 0 Å². The second kappa shape index (κ2) is 16.8. The first-order valence-corrected chi connectivity index (χ1v) is 11.4. The minimum absolute atomic E-state index is 1.18. The molecular weight excluding hydrogens is 320 g/mol. The predicted octanol–water partition coefficient (Wildman–Crippen LogP) is 8.45. The van der Waals surface area contributed by atoms with Crippen LogP contribution in [0.1, 0.15) is 114 Å². The zero-order valence-corrected chi connectivity index (χ0v) is 17.4. The summed E-state index contributed by atoms with van der Waals surface area (Å²) in [7, 11) is 0. The van der Waals surface area contributed by atoms with Crippen molar-refractivity contribution >= 4 is 17.6 Å². The monoisotopic (exact) mass is 360 g/mol. The molecular formula is C24H40S. The van der Waals surface area contributed by atoms with Crippen molar-refractivity contribution < 1.29 is 0 Å². The van der Waals surface area contributed by atoms with Gasteiger partial charge in [-0.1, -0.05) is 133 Å². The maximum atomic E-state index is 5.09. The van der Waals surface area contributed by atoms with Gasteiger partial charge in [-0.25, -0.2) is 0 Å². The van der Waals surface area contributed by atoms with Gasteiger partial charge in [0.15, 0.2) is 0 Å². The molecule has 0 nitrogen and oxygen atoms in total. The Morgan fingerprint density at radius 1 is 0.640 bits per heavy atom. The summed E-state index contributed by atoms with van der Waals surface area (Å²) in [5, 5.41) is 1.82. The molecule has 0 atom stereocenters. The topological polar surface area (TPSA) is 0 Å². The number of benzene rings is 1. The van der Waals surface area contributed by atoms with E-state index in [2.05, 4.69) is 31.2 Å². The molecule has 0 heterocycles. The number of hydrogen-bond acceptors (Lipinski definition) is 1. The van der Waals surface area contributed by atoms with Gasteiger partial charge >= 0.3 is 0 Å². The molecule has 1 rings (SSSR count). The van der Waals surface area contributed by atoms with E-state index in [0.29, 0.717) is 0 Å². The summed E-state index contributed by atoms with van der Waals surface area (Å²) in [6.07, 6.45) is 22.6. The SMILES string of the molecule is CCCCCCCCCCCCCCCCCc1ccccc1C=S. The lowest BCUT2D eigenvalue weighted by molar-refractivity contribution is 0.532. The van der Waals surface area contributed by atoms with E-state index in [9.17, 15) is 0 Å². The zero-order chi connectivity index (χ0) is 18.0. The predicted molar refractivity (Wildman–Crippen MR) is 118 cm³/mol. The van der Waals surface area contributed by atoms with Crippen molar-refractivity contribution in [1.29, 1.82) is 0 Å². The standard InChI is InChI=1S/C24H40S/c1-2-3-4-5-6-7-8-9-10-11-12-13-14-15-16-19-23-20-17-18-21-24(23)22-25/h17-18,20-22H,2-16,19H2,1H3. The molecule has 1 aromatic carbocycles. The molecule has 142 valence electrons. The van der Waals surface area contributed by atoms with Gasteiger partial charge in [0.1, 0.15) is 0 Å². The third-order valence-electron chi connectivity index (χ3n) is 5.23. The van der Waals surface area contributed by atoms with Crippen LogP contribution in [0.4, 0.5) is 0 Å². The molecule has 0 aliphatic carbocycles. The number of aryl methyl sites for hydroxylation is 1. The van der Waals surface area contributed by atoms with E-state index in [4.69, 9.17) is 12.2 Å². The van der Waals surface area contributed by atoms with Gasteiger partial charge < -0.3 is 0 Å². The van der Waals surface area contributed by atoms with Crippen molar-refractivity contribution in [3.05, 3.63) is 35.4 Å². The van der Waals surface area contributed by atoms with E-state index in [1.807, 2.05) is 5.37 Å². The van der Waals surface area contributed by atoms with Crippen molar-refractivity contribution in [3.8, 4) is 0 Å². The van der Waals surface area contributed by atoms with E-state index in [1.54, 1.807) is 0 Å². The Hall–Kier alpha value is -0.690. The molecule has 0 aliphatic heterocycles. The fourth-order valence-electron chi connectivity index (χ4n) is 3.56. The van der Waals surface area contributed by atoms with Crippen LogP contribution < -0.4 is 0 Å². The van der Waals surface area contributed by atoms with Crippen LogP contribution in [-0.4, -0.2) is 5.37 Å². The highest BCUT2D eigenvalue weighted by Gasteiger charge is 1.99. The van der Waals surface area contributed by atoms with Crippen molar-refractivity contribution in [3.63, 3.8) is 0 Å². The van der Waals surface area contributed by atoms with E-state index in [0.717, 1.165) is 0 Å². The molecule has 0 aliphatic rings. The molecule has 0 spiro atoms. The lowest BCUT2D eigenvalue weighted by Gasteiger charge is -2.06. The molecule has 0 aromatic heterocycles. The highest BCUT2D eigenvalue weighted by Crippen LogP contribution is 2.15. The quantitative estimate of drug-likeness (QED) is 0.198. The first kappa shape index (κ1) is 22.4. The second-order valence-corrected chi connectivity index (χ2v) is 7.75. The van der Waals surface area contributed by atoms with E-state index < -0.39 is 0 Å². The van der Waals surface area contributed by atoms with Gasteiger partial charge in [0.05, 0.1) is 0 Å². The summed E-state index contributed by atoms with van der Waals surface area (Å²) in [6.45, 7) is 2.29. The van der Waals surface area contributed by atoms with Gasteiger partial charge in [-0.15, -0.1) is 0 Å². The maximum Gasteiger partial charge on any atom is 0.00888 e. The normalized spacial score (nSPS) is 10.9. The van der Waals surface area contributed by atoms with Gasteiger partial charge in [-0.05, 0) is 24.0 Å². The highest BCUT2D eigenvalue weighted by atomic mass is 32.1. The second-order valence-electron chi connectivity index (χ2n) is 7.52. The Morgan fingerprint density at radius 3 is 1.56 bits per heavy atom. The van der Waals surface area contributed by atoms with Crippen LogP contribution in [0.5, 0.6) is 0 Å². The fraction of sp³-hybridized carbons (Fsp3) is 0.708. The van der Waals surface area contributed by atoms with Crippen LogP contribution >= 0.6 is 12.2 Å². The van der Waals surface area contributed by atoms with E-state index in [-0.39, 0.29) is 0 Å². The Kier molecular flexibility index (Phi) is 15.0. The minimum atomic E-state index is 1.18. The number of thiocarbonyl (C=S) groups is 1. The Bertz CT molecular complexity index is 424. The molecule has 0 unspecified atom stereocenters. The van der Waals surface area contributed by atoms with Gasteiger partial charge in [-0.2, -0.15) is 0 Å². The first-order chi connectivity index (χ1) is 12.4. The molecule has 0 saturated heterocycles. The van der Waals surface area contributed by atoms with Gasteiger partial charge in [0.25, 0.3) is 0 Å². The maximum absolute atomic E-state index is 5.09. The molecule has 0 fully saturated rings. The third kappa shape index (κ3) is 12.3. The van der Waals surface area contributed by atoms with Crippen LogP contribution in [-0.2, 0) is 6.42 Å². The van der Waals surface area contributed by atoms with E-state index >= 15 is 0 Å². The minimum Gasteiger partial charge on any atom is -0.0881 e. The lowest BCUT2D eigenvalue weighted by Crippen LogP contribution is -1.92. The van der Waals surface area contributed by atoms with Crippen molar-refractivity contribution in [2.45, 2.75) is 110 Å². The third-order valence-corrected chi connectivity index (χ3v) is 5.49. The Morgan fingerprint density at radius 2 is 1.08 bits per heavy atom. The molecule has 1 heteroatoms. The van der Waals surface area contributed by atoms with Crippen LogP contribution in [0.25, 0.3) is 0 Å². The molecule has 0 amide bonds. The number of hydrogen-bond donors (Lipinski definition) is 0. The van der Waals surface area contributed by atoms with Crippen molar-refractivity contribution in [2.75, 3.05) is 0 Å². The average Bonchev–Trinajstić information content (AvgIpc) is 2.65. The largest absolute Gasteiger partial charge is 0.0881 e.